The molecule has 0 aliphatic rings. The molecule has 0 fully saturated rings. The fourth-order valence-electron chi connectivity index (χ4n) is 1.29. The van der Waals surface area contributed by atoms with Crippen molar-refractivity contribution in [2.24, 2.45) is 0 Å². The van der Waals surface area contributed by atoms with Crippen LogP contribution in [0.15, 0.2) is 70.5 Å². The molecule has 0 aliphatic heterocycles. The molecule has 0 bridgehead atoms. The molecule has 0 aliphatic carbocycles. The summed E-state index contributed by atoms with van der Waals surface area (Å²) < 4.78 is 0. The summed E-state index contributed by atoms with van der Waals surface area (Å²) in [5.74, 6) is 0. The van der Waals surface area contributed by atoms with Crippen LogP contribution >= 0.6 is 45.1 Å². The zero-order chi connectivity index (χ0) is 12.5. The molecule has 2 aromatic carbocycles. The molecule has 0 nitrogen and oxygen atoms in total. The third kappa shape index (κ3) is 5.65. The van der Waals surface area contributed by atoms with Crippen LogP contribution in [0.3, 0.4) is 0 Å². The number of thioether (sulfide) groups is 2. The van der Waals surface area contributed by atoms with Gasteiger partial charge >= 0.3 is 0 Å². The van der Waals surface area contributed by atoms with Gasteiger partial charge in [0.25, 0.3) is 0 Å². The average Bonchev–Trinajstić information content (AvgIpc) is 2.45. The second-order valence-corrected chi connectivity index (χ2v) is 8.68. The third-order valence-electron chi connectivity index (χ3n) is 2.12. The Balaban J connectivity index is 1.54. The first-order chi connectivity index (χ1) is 8.95. The Morgan fingerprint density at radius 2 is 0.944 bits per heavy atom. The van der Waals surface area contributed by atoms with Crippen molar-refractivity contribution in [1.82, 2.24) is 0 Å². The molecule has 94 valence electrons. The van der Waals surface area contributed by atoms with Crippen LogP contribution in [0.1, 0.15) is 0 Å². The smallest absolute Gasteiger partial charge is 0.0543 e. The van der Waals surface area contributed by atoms with E-state index in [1.54, 1.807) is 0 Å². The lowest BCUT2D eigenvalue weighted by Gasteiger charge is -2.02. The highest BCUT2D eigenvalue weighted by atomic mass is 33.1. The van der Waals surface area contributed by atoms with E-state index in [2.05, 4.69) is 60.7 Å². The summed E-state index contributed by atoms with van der Waals surface area (Å²) in [6, 6.07) is 21.1. The fourth-order valence-corrected chi connectivity index (χ4v) is 6.09. The Morgan fingerprint density at radius 1 is 0.556 bits per heavy atom. The molecule has 0 saturated heterocycles. The third-order valence-corrected chi connectivity index (χ3v) is 7.44. The van der Waals surface area contributed by atoms with E-state index in [0.717, 1.165) is 10.2 Å². The monoisotopic (exact) mass is 310 g/mol. The van der Waals surface area contributed by atoms with Crippen molar-refractivity contribution in [3.8, 4) is 0 Å². The van der Waals surface area contributed by atoms with Gasteiger partial charge < -0.3 is 0 Å². The minimum absolute atomic E-state index is 1.10. The van der Waals surface area contributed by atoms with Crippen molar-refractivity contribution in [3.05, 3.63) is 60.7 Å². The van der Waals surface area contributed by atoms with Crippen LogP contribution in [0.5, 0.6) is 0 Å². The summed E-state index contributed by atoms with van der Waals surface area (Å²) in [5, 5.41) is 2.20. The van der Waals surface area contributed by atoms with Gasteiger partial charge in [-0.2, -0.15) is 0 Å². The van der Waals surface area contributed by atoms with Gasteiger partial charge in [0.2, 0.25) is 0 Å². The molecule has 0 amide bonds. The van der Waals surface area contributed by atoms with Gasteiger partial charge in [0.15, 0.2) is 0 Å². The van der Waals surface area contributed by atoms with Crippen LogP contribution in [0, 0.1) is 0 Å². The van der Waals surface area contributed by atoms with E-state index < -0.39 is 0 Å². The number of hydrogen-bond acceptors (Lipinski definition) is 4. The minimum Gasteiger partial charge on any atom is -0.114 e. The predicted octanol–water partition coefficient (Wildman–Crippen LogP) is 5.87. The highest BCUT2D eigenvalue weighted by molar-refractivity contribution is 8.79. The van der Waals surface area contributed by atoms with Crippen molar-refractivity contribution in [2.45, 2.75) is 9.79 Å². The number of benzene rings is 2. The quantitative estimate of drug-likeness (QED) is 0.271. The van der Waals surface area contributed by atoms with Crippen molar-refractivity contribution < 1.29 is 0 Å². The van der Waals surface area contributed by atoms with Gasteiger partial charge in [-0.3, -0.25) is 0 Å². The van der Waals surface area contributed by atoms with Crippen LogP contribution in [0.4, 0.5) is 0 Å². The van der Waals surface area contributed by atoms with Crippen LogP contribution in [-0.4, -0.2) is 10.2 Å². The Morgan fingerprint density at radius 3 is 1.33 bits per heavy atom. The molecule has 0 unspecified atom stereocenters. The summed E-state index contributed by atoms with van der Waals surface area (Å²) in [7, 11) is 3.85. The molecule has 2 rings (SSSR count). The van der Waals surface area contributed by atoms with E-state index in [9.17, 15) is 0 Å². The Kier molecular flexibility index (Phi) is 7.01. The zero-order valence-electron chi connectivity index (χ0n) is 9.82. The van der Waals surface area contributed by atoms with Crippen molar-refractivity contribution in [3.63, 3.8) is 0 Å². The lowest BCUT2D eigenvalue weighted by Crippen LogP contribution is -1.72. The van der Waals surface area contributed by atoms with Gasteiger partial charge in [0.05, 0.1) is 10.2 Å². The molecular formula is C14H14S4. The molecule has 0 atom stereocenters. The second-order valence-electron chi connectivity index (χ2n) is 3.39. The van der Waals surface area contributed by atoms with Gasteiger partial charge in [-0.25, -0.2) is 0 Å². The Bertz CT molecular complexity index is 387. The summed E-state index contributed by atoms with van der Waals surface area (Å²) in [6.45, 7) is 0. The van der Waals surface area contributed by atoms with Crippen molar-refractivity contribution in [2.75, 3.05) is 10.2 Å². The van der Waals surface area contributed by atoms with Gasteiger partial charge in [-0.15, -0.1) is 23.5 Å². The molecule has 0 saturated carbocycles. The maximum absolute atomic E-state index is 2.16. The van der Waals surface area contributed by atoms with E-state index >= 15 is 0 Å². The summed E-state index contributed by atoms with van der Waals surface area (Å²) in [5.41, 5.74) is 0. The second kappa shape index (κ2) is 8.86. The highest BCUT2D eigenvalue weighted by Crippen LogP contribution is 2.34. The molecular weight excluding hydrogens is 296 g/mol. The number of hydrogen-bond donors (Lipinski definition) is 0. The van der Waals surface area contributed by atoms with Crippen LogP contribution < -0.4 is 0 Å². The van der Waals surface area contributed by atoms with Crippen molar-refractivity contribution >= 4 is 45.1 Å². The number of rotatable bonds is 7. The van der Waals surface area contributed by atoms with Gasteiger partial charge in [0, 0.05) is 9.79 Å². The molecule has 0 aromatic heterocycles. The molecule has 2 aromatic rings. The average molecular weight is 311 g/mol. The summed E-state index contributed by atoms with van der Waals surface area (Å²) in [6.07, 6.45) is 0. The van der Waals surface area contributed by atoms with Gasteiger partial charge in [0.1, 0.15) is 0 Å². The van der Waals surface area contributed by atoms with E-state index in [1.165, 1.54) is 9.79 Å². The Hall–Kier alpha value is -0.160. The molecule has 18 heavy (non-hydrogen) atoms. The topological polar surface area (TPSA) is 0 Å². The molecule has 0 N–H and O–H groups in total. The first-order valence-electron chi connectivity index (χ1n) is 5.55. The summed E-state index contributed by atoms with van der Waals surface area (Å²) in [4.78, 5) is 2.70. The molecule has 0 radical (unpaired) electrons. The SMILES string of the molecule is c1ccc(SCSSCSc2ccccc2)cc1. The predicted molar refractivity (Wildman–Crippen MR) is 89.5 cm³/mol. The molecule has 4 heteroatoms. The lowest BCUT2D eigenvalue weighted by molar-refractivity contribution is 1.47. The van der Waals surface area contributed by atoms with Crippen LogP contribution in [-0.2, 0) is 0 Å². The molecule has 0 heterocycles. The lowest BCUT2D eigenvalue weighted by atomic mass is 10.4. The van der Waals surface area contributed by atoms with Gasteiger partial charge in [-0.1, -0.05) is 58.0 Å². The van der Waals surface area contributed by atoms with E-state index in [1.807, 2.05) is 45.1 Å². The van der Waals surface area contributed by atoms with Crippen LogP contribution in [0.25, 0.3) is 0 Å². The maximum atomic E-state index is 2.16. The van der Waals surface area contributed by atoms with E-state index in [-0.39, 0.29) is 0 Å². The zero-order valence-corrected chi connectivity index (χ0v) is 13.1. The summed E-state index contributed by atoms with van der Waals surface area (Å²) >= 11 is 3.80. The standard InChI is InChI=1S/C14H14S4/c1-3-7-13(8-4-1)15-11-17-18-12-16-14-9-5-2-6-10-14/h1-10H,11-12H2. The first kappa shape index (κ1) is 14.3. The van der Waals surface area contributed by atoms with E-state index in [4.69, 9.17) is 0 Å². The Labute approximate surface area is 125 Å². The minimum atomic E-state index is 1.10. The fraction of sp³-hybridized carbons (Fsp3) is 0.143. The highest BCUT2D eigenvalue weighted by Gasteiger charge is 1.95. The normalized spacial score (nSPS) is 10.4. The van der Waals surface area contributed by atoms with Gasteiger partial charge in [-0.05, 0) is 24.3 Å². The van der Waals surface area contributed by atoms with Crippen LogP contribution in [0.2, 0.25) is 0 Å². The maximum Gasteiger partial charge on any atom is 0.0543 e. The first-order valence-corrected chi connectivity index (χ1v) is 10.0. The van der Waals surface area contributed by atoms with E-state index in [0.29, 0.717) is 0 Å². The molecule has 0 spiro atoms. The van der Waals surface area contributed by atoms with Crippen molar-refractivity contribution in [1.29, 1.82) is 0 Å². The largest absolute Gasteiger partial charge is 0.114 e.